The molecule has 0 saturated heterocycles. The molecule has 0 N–H and O–H groups in total. The molecular weight excluding hydrogens is 404 g/mol. The van der Waals surface area contributed by atoms with Gasteiger partial charge in [0, 0.05) is 0 Å². The van der Waals surface area contributed by atoms with Crippen LogP contribution in [0, 0.1) is 22.2 Å². The molecule has 0 fully saturated rings. The largest absolute Gasteiger partial charge is 0.469 e. The van der Waals surface area contributed by atoms with E-state index in [0.29, 0.717) is 19.3 Å². The normalized spacial score (nSPS) is 16.3. The van der Waals surface area contributed by atoms with Crippen molar-refractivity contribution >= 4 is 23.9 Å². The number of ether oxygens (including phenoxy) is 4. The quantitative estimate of drug-likeness (QED) is 0.241. The zero-order chi connectivity index (χ0) is 24.5. The molecule has 0 aliphatic rings. The number of hydrogen-bond donors (Lipinski definition) is 0. The minimum atomic E-state index is -0.877. The van der Waals surface area contributed by atoms with E-state index in [-0.39, 0.29) is 25.6 Å². The van der Waals surface area contributed by atoms with Gasteiger partial charge in [-0.15, -0.1) is 0 Å². The van der Waals surface area contributed by atoms with E-state index in [2.05, 4.69) is 0 Å². The van der Waals surface area contributed by atoms with Gasteiger partial charge in [-0.05, 0) is 53.4 Å². The highest BCUT2D eigenvalue weighted by Crippen LogP contribution is 2.38. The third-order valence-corrected chi connectivity index (χ3v) is 6.02. The molecular formula is C23H40O8. The van der Waals surface area contributed by atoms with Crippen LogP contribution in [-0.2, 0) is 38.1 Å². The van der Waals surface area contributed by atoms with Gasteiger partial charge in [-0.25, -0.2) is 0 Å². The summed E-state index contributed by atoms with van der Waals surface area (Å²) in [7, 11) is 2.64. The molecule has 3 unspecified atom stereocenters. The number of carbonyl (C=O) groups is 4. The van der Waals surface area contributed by atoms with Crippen molar-refractivity contribution in [3.05, 3.63) is 0 Å². The third kappa shape index (κ3) is 8.15. The van der Waals surface area contributed by atoms with Crippen molar-refractivity contribution in [2.75, 3.05) is 27.4 Å². The van der Waals surface area contributed by atoms with Gasteiger partial charge in [0.15, 0.2) is 0 Å². The first-order chi connectivity index (χ1) is 14.2. The van der Waals surface area contributed by atoms with Gasteiger partial charge in [0.1, 0.15) is 13.2 Å². The van der Waals surface area contributed by atoms with E-state index >= 15 is 0 Å². The molecule has 0 aromatic rings. The van der Waals surface area contributed by atoms with Crippen LogP contribution in [0.15, 0.2) is 0 Å². The summed E-state index contributed by atoms with van der Waals surface area (Å²) in [5.74, 6) is -2.20. The van der Waals surface area contributed by atoms with Crippen LogP contribution in [0.3, 0.4) is 0 Å². The maximum atomic E-state index is 12.6. The van der Waals surface area contributed by atoms with Gasteiger partial charge in [-0.3, -0.25) is 19.2 Å². The molecule has 0 spiro atoms. The Balaban J connectivity index is 4.73. The fraction of sp³-hybridized carbons (Fsp3) is 0.826. The van der Waals surface area contributed by atoms with Crippen LogP contribution in [0.1, 0.15) is 74.1 Å². The van der Waals surface area contributed by atoms with Crippen molar-refractivity contribution in [1.82, 2.24) is 0 Å². The molecule has 31 heavy (non-hydrogen) atoms. The van der Waals surface area contributed by atoms with Crippen molar-refractivity contribution < 1.29 is 38.1 Å². The number of methoxy groups -OCH3 is 2. The zero-order valence-corrected chi connectivity index (χ0v) is 20.6. The summed E-state index contributed by atoms with van der Waals surface area (Å²) >= 11 is 0. The van der Waals surface area contributed by atoms with E-state index in [1.54, 1.807) is 34.6 Å². The molecule has 0 aliphatic carbocycles. The van der Waals surface area contributed by atoms with Gasteiger partial charge in [-0.1, -0.05) is 20.8 Å². The van der Waals surface area contributed by atoms with Gasteiger partial charge < -0.3 is 18.9 Å². The Morgan fingerprint density at radius 3 is 1.68 bits per heavy atom. The topological polar surface area (TPSA) is 105 Å². The lowest BCUT2D eigenvalue weighted by Gasteiger charge is -2.33. The van der Waals surface area contributed by atoms with Crippen molar-refractivity contribution in [1.29, 1.82) is 0 Å². The number of esters is 4. The van der Waals surface area contributed by atoms with Crippen LogP contribution in [0.5, 0.6) is 0 Å². The predicted octanol–water partition coefficient (Wildman–Crippen LogP) is 3.69. The molecule has 0 rings (SSSR count). The van der Waals surface area contributed by atoms with Crippen LogP contribution in [-0.4, -0.2) is 51.3 Å². The van der Waals surface area contributed by atoms with Crippen molar-refractivity contribution in [3.63, 3.8) is 0 Å². The minimum Gasteiger partial charge on any atom is -0.469 e. The molecule has 3 atom stereocenters. The molecule has 0 saturated carbocycles. The second kappa shape index (κ2) is 12.1. The first-order valence-corrected chi connectivity index (χ1v) is 10.7. The molecule has 0 radical (unpaired) electrons. The standard InChI is InChI=1S/C23H40O8/c1-10-22(6,19(26)29-9)14-16(3)17(24)30-12-13-31-20(27)23(7,11-2)15-21(4,5)18(25)28-8/h16H,10-15H2,1-9H3. The van der Waals surface area contributed by atoms with Crippen molar-refractivity contribution in [2.24, 2.45) is 22.2 Å². The molecule has 8 heteroatoms. The highest BCUT2D eigenvalue weighted by Gasteiger charge is 2.42. The van der Waals surface area contributed by atoms with Crippen LogP contribution in [0.25, 0.3) is 0 Å². The molecule has 0 bridgehead atoms. The Bertz CT molecular complexity index is 641. The number of hydrogen-bond acceptors (Lipinski definition) is 8. The van der Waals surface area contributed by atoms with Crippen LogP contribution >= 0.6 is 0 Å². The van der Waals surface area contributed by atoms with Gasteiger partial charge >= 0.3 is 23.9 Å². The summed E-state index contributed by atoms with van der Waals surface area (Å²) in [6, 6.07) is 0. The number of carbonyl (C=O) groups excluding carboxylic acids is 4. The molecule has 0 aromatic carbocycles. The van der Waals surface area contributed by atoms with Gasteiger partial charge in [-0.2, -0.15) is 0 Å². The van der Waals surface area contributed by atoms with E-state index in [9.17, 15) is 19.2 Å². The van der Waals surface area contributed by atoms with Crippen molar-refractivity contribution in [2.45, 2.75) is 74.1 Å². The average Bonchev–Trinajstić information content (AvgIpc) is 2.74. The van der Waals surface area contributed by atoms with Crippen molar-refractivity contribution in [3.8, 4) is 0 Å². The fourth-order valence-electron chi connectivity index (χ4n) is 3.64. The molecule has 0 heterocycles. The van der Waals surface area contributed by atoms with Crippen LogP contribution < -0.4 is 0 Å². The number of rotatable bonds is 13. The van der Waals surface area contributed by atoms with E-state index in [4.69, 9.17) is 18.9 Å². The second-order valence-corrected chi connectivity index (χ2v) is 9.28. The highest BCUT2D eigenvalue weighted by atomic mass is 16.6. The lowest BCUT2D eigenvalue weighted by Crippen LogP contribution is -2.38. The van der Waals surface area contributed by atoms with Gasteiger partial charge in [0.05, 0.1) is 36.4 Å². The molecule has 0 aliphatic heterocycles. The van der Waals surface area contributed by atoms with Crippen LogP contribution in [0.2, 0.25) is 0 Å². The maximum Gasteiger partial charge on any atom is 0.311 e. The lowest BCUT2D eigenvalue weighted by atomic mass is 9.72. The summed E-state index contributed by atoms with van der Waals surface area (Å²) in [6.45, 7) is 12.2. The summed E-state index contributed by atoms with van der Waals surface area (Å²) in [6.07, 6.45) is 1.58. The van der Waals surface area contributed by atoms with Gasteiger partial charge in [0.2, 0.25) is 0 Å². The Morgan fingerprint density at radius 1 is 0.742 bits per heavy atom. The maximum absolute atomic E-state index is 12.6. The Hall–Kier alpha value is -2.12. The Morgan fingerprint density at radius 2 is 1.23 bits per heavy atom. The van der Waals surface area contributed by atoms with E-state index in [1.165, 1.54) is 14.2 Å². The predicted molar refractivity (Wildman–Crippen MR) is 115 cm³/mol. The lowest BCUT2D eigenvalue weighted by molar-refractivity contribution is -0.166. The summed E-state index contributed by atoms with van der Waals surface area (Å²) in [5, 5.41) is 0. The van der Waals surface area contributed by atoms with E-state index < -0.39 is 40.1 Å². The SMILES string of the molecule is CCC(C)(CC(C)C(=O)OCCOC(=O)C(C)(CC)CC(C)(C)C(=O)OC)C(=O)OC. The summed E-state index contributed by atoms with van der Waals surface area (Å²) in [5.41, 5.74) is -2.49. The van der Waals surface area contributed by atoms with E-state index in [0.717, 1.165) is 0 Å². The van der Waals surface area contributed by atoms with Gasteiger partial charge in [0.25, 0.3) is 0 Å². The highest BCUT2D eigenvalue weighted by molar-refractivity contribution is 5.80. The first-order valence-electron chi connectivity index (χ1n) is 10.7. The van der Waals surface area contributed by atoms with E-state index in [1.807, 2.05) is 13.8 Å². The zero-order valence-electron chi connectivity index (χ0n) is 20.6. The molecule has 0 amide bonds. The molecule has 8 nitrogen and oxygen atoms in total. The summed E-state index contributed by atoms with van der Waals surface area (Å²) in [4.78, 5) is 48.9. The minimum absolute atomic E-state index is 0.0871. The van der Waals surface area contributed by atoms with Crippen LogP contribution in [0.4, 0.5) is 0 Å². The summed E-state index contributed by atoms with van der Waals surface area (Å²) < 4.78 is 20.2. The smallest absolute Gasteiger partial charge is 0.311 e. The average molecular weight is 445 g/mol. The second-order valence-electron chi connectivity index (χ2n) is 9.28. The Kier molecular flexibility index (Phi) is 11.2. The Labute approximate surface area is 186 Å². The third-order valence-electron chi connectivity index (χ3n) is 6.02. The monoisotopic (exact) mass is 444 g/mol. The first kappa shape index (κ1) is 28.9. The fourth-order valence-corrected chi connectivity index (χ4v) is 3.64. The molecule has 0 aromatic heterocycles. The molecule has 180 valence electrons.